The number of carbonyl (C=O) groups is 4. The number of fused-ring (bicyclic) bond motifs is 1. The van der Waals surface area contributed by atoms with Crippen LogP contribution in [-0.4, -0.2) is 81.9 Å². The van der Waals surface area contributed by atoms with Gasteiger partial charge < -0.3 is 35.7 Å². The topological polar surface area (TPSA) is 197 Å². The Morgan fingerprint density at radius 1 is 1.33 bits per heavy atom. The van der Waals surface area contributed by atoms with E-state index in [-0.39, 0.29) is 29.1 Å². The van der Waals surface area contributed by atoms with Gasteiger partial charge in [-0.3, -0.25) is 19.3 Å². The highest BCUT2D eigenvalue weighted by Gasteiger charge is 2.55. The summed E-state index contributed by atoms with van der Waals surface area (Å²) in [6.07, 6.45) is 1.65. The van der Waals surface area contributed by atoms with Crippen molar-refractivity contribution in [2.75, 3.05) is 30.9 Å². The van der Waals surface area contributed by atoms with Crippen molar-refractivity contribution in [1.29, 1.82) is 0 Å². The number of carboxylic acid groups (broad SMARTS) is 1. The van der Waals surface area contributed by atoms with Gasteiger partial charge in [0.1, 0.15) is 30.1 Å². The Bertz CT molecular complexity index is 1480. The lowest BCUT2D eigenvalue weighted by atomic mass is 9.92. The number of nitrogens with zero attached hydrogens (tertiary/aromatic N) is 4. The van der Waals surface area contributed by atoms with Gasteiger partial charge in [0, 0.05) is 17.5 Å². The molecule has 0 unspecified atom stereocenters. The molecule has 15 heteroatoms. The first-order chi connectivity index (χ1) is 18.7. The number of anilines is 2. The zero-order valence-electron chi connectivity index (χ0n) is 20.4. The minimum atomic E-state index is -1.44. The zero-order valence-corrected chi connectivity index (χ0v) is 21.2. The predicted octanol–water partition coefficient (Wildman–Crippen LogP) is 0.298. The van der Waals surface area contributed by atoms with Crippen molar-refractivity contribution >= 4 is 51.6 Å². The van der Waals surface area contributed by atoms with E-state index < -0.39 is 41.3 Å². The fourth-order valence-corrected chi connectivity index (χ4v) is 5.19. The molecule has 3 amide bonds. The van der Waals surface area contributed by atoms with Crippen LogP contribution in [0.4, 0.5) is 10.8 Å². The van der Waals surface area contributed by atoms with Crippen molar-refractivity contribution in [2.24, 2.45) is 5.16 Å². The van der Waals surface area contributed by atoms with Crippen LogP contribution in [0.15, 0.2) is 57.9 Å². The van der Waals surface area contributed by atoms with Crippen LogP contribution >= 0.6 is 11.3 Å². The fourth-order valence-electron chi connectivity index (χ4n) is 4.64. The molecule has 5 N–H and O–H groups in total. The van der Waals surface area contributed by atoms with Gasteiger partial charge in [-0.25, -0.2) is 9.78 Å². The van der Waals surface area contributed by atoms with Crippen LogP contribution in [0.3, 0.4) is 0 Å². The summed E-state index contributed by atoms with van der Waals surface area (Å²) in [7, 11) is 1.50. The van der Waals surface area contributed by atoms with Crippen LogP contribution in [0.25, 0.3) is 0 Å². The van der Waals surface area contributed by atoms with Crippen molar-refractivity contribution in [3.63, 3.8) is 0 Å². The van der Waals surface area contributed by atoms with Gasteiger partial charge >= 0.3 is 5.97 Å². The number of oxime groups is 1. The van der Waals surface area contributed by atoms with Gasteiger partial charge in [0.25, 0.3) is 17.7 Å². The highest BCUT2D eigenvalue weighted by atomic mass is 32.1. The summed E-state index contributed by atoms with van der Waals surface area (Å²) in [5.41, 5.74) is 5.56. The molecule has 2 aromatic rings. The summed E-state index contributed by atoms with van der Waals surface area (Å²) in [5.74, 6) is -3.01. The number of allylic oxidation sites excluding steroid dienone is 1. The van der Waals surface area contributed by atoms with E-state index in [2.05, 4.69) is 15.5 Å². The van der Waals surface area contributed by atoms with Crippen LogP contribution < -0.4 is 20.7 Å². The number of methoxy groups -OCH3 is 1. The van der Waals surface area contributed by atoms with Gasteiger partial charge in [0.15, 0.2) is 22.3 Å². The maximum atomic E-state index is 13.1. The number of carbonyl (C=O) groups excluding carboxylic acids is 3. The molecule has 0 bridgehead atoms. The number of nitrogens with two attached hydrogens (primary N) is 1. The third-order valence-corrected chi connectivity index (χ3v) is 7.15. The van der Waals surface area contributed by atoms with E-state index in [1.807, 2.05) is 0 Å². The smallest absolute Gasteiger partial charge is 0.356 e. The number of nitrogen functional groups attached to an aromatic ring is 1. The first-order valence-electron chi connectivity index (χ1n) is 11.6. The lowest BCUT2D eigenvalue weighted by Gasteiger charge is -2.49. The number of benzene rings is 1. The number of thiazole rings is 1. The number of nitrogens with one attached hydrogen (secondary N) is 1. The average Bonchev–Trinajstić information content (AvgIpc) is 3.52. The van der Waals surface area contributed by atoms with E-state index in [4.69, 9.17) is 15.2 Å². The Hall–Kier alpha value is -4.92. The zero-order chi connectivity index (χ0) is 27.8. The summed E-state index contributed by atoms with van der Waals surface area (Å²) in [4.78, 5) is 57.4. The number of aromatic nitrogens is 1. The largest absolute Gasteiger partial charge is 0.495 e. The summed E-state index contributed by atoms with van der Waals surface area (Å²) < 4.78 is 11.0. The van der Waals surface area contributed by atoms with Crippen LogP contribution in [0.1, 0.15) is 12.1 Å². The standard InChI is InChI=1S/C24H22N6O8S/c1-37-15-5-3-2-4-13(15)29-7-6-11(21(29)32)8-16-19(23(34)35)30-14(9-38-16)18(22(30)33)27-20(31)17(28-36)12-10-39-24(25)26-12/h2-5,8,10,14,18,36H,6-7,9H2,1H3,(H2,25,26)(H,27,31)(H,34,35)/b11-8+,28-17-/t14-,18+/m1/s1. The number of ether oxygens (including phenoxy) is 2. The Morgan fingerprint density at radius 3 is 2.77 bits per heavy atom. The lowest BCUT2D eigenvalue weighted by Crippen LogP contribution is -2.73. The Labute approximate surface area is 224 Å². The van der Waals surface area contributed by atoms with Gasteiger partial charge in [0.05, 0.1) is 12.8 Å². The minimum Gasteiger partial charge on any atom is -0.495 e. The number of aliphatic carboxylic acids is 1. The van der Waals surface area contributed by atoms with Crippen molar-refractivity contribution in [3.05, 3.63) is 58.4 Å². The maximum absolute atomic E-state index is 13.1. The van der Waals surface area contributed by atoms with Crippen molar-refractivity contribution < 1.29 is 39.0 Å². The number of hydrogen-bond donors (Lipinski definition) is 4. The van der Waals surface area contributed by atoms with Crippen LogP contribution in [-0.2, 0) is 23.9 Å². The highest BCUT2D eigenvalue weighted by Crippen LogP contribution is 2.36. The first kappa shape index (κ1) is 25.7. The molecule has 202 valence electrons. The molecule has 2 saturated heterocycles. The van der Waals surface area contributed by atoms with Gasteiger partial charge in [-0.15, -0.1) is 11.3 Å². The molecule has 0 aliphatic carbocycles. The van der Waals surface area contributed by atoms with E-state index in [1.54, 1.807) is 24.3 Å². The third-order valence-electron chi connectivity index (χ3n) is 6.48. The minimum absolute atomic E-state index is 0.0180. The molecule has 39 heavy (non-hydrogen) atoms. The van der Waals surface area contributed by atoms with Crippen LogP contribution in [0, 0.1) is 0 Å². The van der Waals surface area contributed by atoms with E-state index >= 15 is 0 Å². The molecule has 3 aliphatic heterocycles. The number of rotatable bonds is 7. The molecule has 5 rings (SSSR count). The molecule has 0 radical (unpaired) electrons. The quantitative estimate of drug-likeness (QED) is 0.121. The molecule has 3 aliphatic rings. The summed E-state index contributed by atoms with van der Waals surface area (Å²) in [6.45, 7) is 0.200. The molecular formula is C24H22N6O8S. The predicted molar refractivity (Wildman–Crippen MR) is 136 cm³/mol. The monoisotopic (exact) mass is 554 g/mol. The van der Waals surface area contributed by atoms with E-state index in [1.165, 1.54) is 23.5 Å². The van der Waals surface area contributed by atoms with Crippen molar-refractivity contribution in [2.45, 2.75) is 18.5 Å². The van der Waals surface area contributed by atoms with Crippen molar-refractivity contribution in [3.8, 4) is 5.75 Å². The highest BCUT2D eigenvalue weighted by molar-refractivity contribution is 7.13. The Balaban J connectivity index is 1.36. The van der Waals surface area contributed by atoms with Crippen molar-refractivity contribution in [1.82, 2.24) is 15.2 Å². The average molecular weight is 555 g/mol. The lowest BCUT2D eigenvalue weighted by molar-refractivity contribution is -0.159. The summed E-state index contributed by atoms with van der Waals surface area (Å²) in [6, 6.07) is 5.05. The summed E-state index contributed by atoms with van der Waals surface area (Å²) >= 11 is 1.03. The second-order valence-corrected chi connectivity index (χ2v) is 9.51. The third kappa shape index (κ3) is 4.41. The number of para-hydroxylation sites is 2. The molecule has 2 fully saturated rings. The molecule has 0 saturated carbocycles. The molecule has 1 aromatic carbocycles. The SMILES string of the molecule is COc1ccccc1N1CC/C(=C\C2=C(C(=O)O)N3C(=O)[C@@H](NC(=O)/C(=N\O)c4csc(N)n4)[C@H]3CO2)C1=O. The molecule has 2 atom stereocenters. The number of hydrogen-bond acceptors (Lipinski definition) is 11. The second kappa shape index (κ2) is 10.1. The number of amides is 3. The van der Waals surface area contributed by atoms with Crippen LogP contribution in [0.2, 0.25) is 0 Å². The number of carboxylic acids is 1. The number of β-lactam (4-membered cyclic amide) rings is 1. The van der Waals surface area contributed by atoms with Gasteiger partial charge in [-0.05, 0) is 24.6 Å². The maximum Gasteiger partial charge on any atom is 0.356 e. The molecular weight excluding hydrogens is 532 g/mol. The molecule has 4 heterocycles. The Morgan fingerprint density at radius 2 is 2.10 bits per heavy atom. The van der Waals surface area contributed by atoms with E-state index in [9.17, 15) is 29.5 Å². The molecule has 14 nitrogen and oxygen atoms in total. The van der Waals surface area contributed by atoms with E-state index in [0.717, 1.165) is 16.2 Å². The van der Waals surface area contributed by atoms with Gasteiger partial charge in [-0.1, -0.05) is 17.3 Å². The van der Waals surface area contributed by atoms with E-state index in [0.29, 0.717) is 30.0 Å². The summed E-state index contributed by atoms with van der Waals surface area (Å²) in [5, 5.41) is 26.1. The second-order valence-electron chi connectivity index (χ2n) is 8.62. The normalized spacial score (nSPS) is 22.0. The molecule has 0 spiro atoms. The first-order valence-corrected chi connectivity index (χ1v) is 12.5. The van der Waals surface area contributed by atoms with Gasteiger partial charge in [-0.2, -0.15) is 0 Å². The Kier molecular flexibility index (Phi) is 6.66. The van der Waals surface area contributed by atoms with Gasteiger partial charge in [0.2, 0.25) is 0 Å². The fraction of sp³-hybridized carbons (Fsp3) is 0.250. The van der Waals surface area contributed by atoms with Crippen LogP contribution in [0.5, 0.6) is 5.75 Å². The molecule has 1 aromatic heterocycles.